The van der Waals surface area contributed by atoms with Crippen molar-refractivity contribution >= 4 is 5.78 Å². The Hall–Kier alpha value is -1.31. The van der Waals surface area contributed by atoms with Crippen molar-refractivity contribution in [2.75, 3.05) is 0 Å². The van der Waals surface area contributed by atoms with Gasteiger partial charge in [0.2, 0.25) is 0 Å². The minimum atomic E-state index is -0.366. The molecule has 17 heavy (non-hydrogen) atoms. The lowest BCUT2D eigenvalue weighted by atomic mass is 9.87. The summed E-state index contributed by atoms with van der Waals surface area (Å²) in [5, 5.41) is 0. The second-order valence-electron chi connectivity index (χ2n) is 5.36. The van der Waals surface area contributed by atoms with E-state index in [1.807, 2.05) is 25.1 Å². The van der Waals surface area contributed by atoms with E-state index in [4.69, 9.17) is 4.74 Å². The Morgan fingerprint density at radius 2 is 2.00 bits per heavy atom. The molecule has 0 saturated carbocycles. The number of benzene rings is 1. The van der Waals surface area contributed by atoms with Crippen LogP contribution in [-0.4, -0.2) is 11.9 Å². The van der Waals surface area contributed by atoms with Crippen molar-refractivity contribution in [1.29, 1.82) is 0 Å². The zero-order chi connectivity index (χ0) is 13.1. The molecule has 2 nitrogen and oxygen atoms in total. The third kappa shape index (κ3) is 3.88. The molecule has 0 fully saturated rings. The van der Waals surface area contributed by atoms with Gasteiger partial charge in [-0.1, -0.05) is 39.8 Å². The minimum Gasteiger partial charge on any atom is -0.483 e. The van der Waals surface area contributed by atoms with Gasteiger partial charge in [-0.3, -0.25) is 4.79 Å². The molecular formula is C15H22O2. The maximum absolute atomic E-state index is 11.5. The minimum absolute atomic E-state index is 0.0946. The van der Waals surface area contributed by atoms with Crippen LogP contribution in [0.3, 0.4) is 0 Å². The van der Waals surface area contributed by atoms with Gasteiger partial charge in [-0.05, 0) is 30.0 Å². The van der Waals surface area contributed by atoms with E-state index in [2.05, 4.69) is 26.8 Å². The van der Waals surface area contributed by atoms with Gasteiger partial charge in [-0.25, -0.2) is 0 Å². The van der Waals surface area contributed by atoms with Gasteiger partial charge in [0, 0.05) is 6.42 Å². The van der Waals surface area contributed by atoms with Crippen LogP contribution in [-0.2, 0) is 10.2 Å². The maximum Gasteiger partial charge on any atom is 0.172 e. The largest absolute Gasteiger partial charge is 0.483 e. The molecule has 0 saturated heterocycles. The normalized spacial score (nSPS) is 13.2. The molecule has 0 N–H and O–H groups in total. The number of ketones is 1. The molecule has 0 aliphatic carbocycles. The smallest absolute Gasteiger partial charge is 0.172 e. The molecule has 1 unspecified atom stereocenters. The lowest BCUT2D eigenvalue weighted by molar-refractivity contribution is -0.124. The van der Waals surface area contributed by atoms with Crippen molar-refractivity contribution < 1.29 is 9.53 Å². The molecule has 0 aromatic heterocycles. The number of rotatable bonds is 4. The number of Topliss-reactive ketones (excluding diaryl/α,β-unsaturated/α-hetero) is 1. The summed E-state index contributed by atoms with van der Waals surface area (Å²) in [5.41, 5.74) is 1.31. The van der Waals surface area contributed by atoms with Gasteiger partial charge in [0.25, 0.3) is 0 Å². The lowest BCUT2D eigenvalue weighted by Crippen LogP contribution is -2.23. The highest BCUT2D eigenvalue weighted by molar-refractivity contribution is 5.82. The van der Waals surface area contributed by atoms with Crippen LogP contribution < -0.4 is 4.74 Å². The Balaban J connectivity index is 2.83. The summed E-state index contributed by atoms with van der Waals surface area (Å²) in [7, 11) is 0. The van der Waals surface area contributed by atoms with Gasteiger partial charge < -0.3 is 4.74 Å². The molecule has 0 aliphatic rings. The summed E-state index contributed by atoms with van der Waals surface area (Å²) in [5.74, 6) is 0.901. The van der Waals surface area contributed by atoms with Crippen molar-refractivity contribution in [3.05, 3.63) is 29.8 Å². The first-order valence-corrected chi connectivity index (χ1v) is 6.14. The van der Waals surface area contributed by atoms with E-state index in [1.165, 1.54) is 5.56 Å². The zero-order valence-corrected chi connectivity index (χ0v) is 11.4. The van der Waals surface area contributed by atoms with Gasteiger partial charge in [-0.15, -0.1) is 0 Å². The Morgan fingerprint density at radius 1 is 1.35 bits per heavy atom. The summed E-state index contributed by atoms with van der Waals surface area (Å²) >= 11 is 0. The van der Waals surface area contributed by atoms with Crippen LogP contribution in [0.4, 0.5) is 0 Å². The molecule has 0 bridgehead atoms. The Kier molecular flexibility index (Phi) is 4.33. The Bertz CT molecular complexity index is 388. The van der Waals surface area contributed by atoms with E-state index in [9.17, 15) is 4.79 Å². The third-order valence-corrected chi connectivity index (χ3v) is 2.81. The van der Waals surface area contributed by atoms with Gasteiger partial charge in [0.05, 0.1) is 0 Å². The van der Waals surface area contributed by atoms with E-state index in [0.717, 1.165) is 5.75 Å². The fourth-order valence-corrected chi connectivity index (χ4v) is 1.59. The monoisotopic (exact) mass is 234 g/mol. The molecule has 0 aliphatic heterocycles. The molecule has 1 aromatic rings. The average Bonchev–Trinajstić information content (AvgIpc) is 2.27. The summed E-state index contributed by atoms with van der Waals surface area (Å²) < 4.78 is 5.65. The molecule has 1 atom stereocenters. The fourth-order valence-electron chi connectivity index (χ4n) is 1.59. The molecular weight excluding hydrogens is 212 g/mol. The number of hydrogen-bond acceptors (Lipinski definition) is 2. The molecule has 0 heterocycles. The van der Waals surface area contributed by atoms with Crippen molar-refractivity contribution in [3.8, 4) is 5.75 Å². The predicted octanol–water partition coefficient (Wildman–Crippen LogP) is 3.73. The van der Waals surface area contributed by atoms with Crippen LogP contribution >= 0.6 is 0 Å². The van der Waals surface area contributed by atoms with Crippen LogP contribution in [0.15, 0.2) is 24.3 Å². The predicted molar refractivity (Wildman–Crippen MR) is 70.5 cm³/mol. The molecule has 0 radical (unpaired) electrons. The van der Waals surface area contributed by atoms with Crippen molar-refractivity contribution in [1.82, 2.24) is 0 Å². The zero-order valence-electron chi connectivity index (χ0n) is 11.4. The number of ether oxygens (including phenoxy) is 1. The van der Waals surface area contributed by atoms with E-state index in [0.29, 0.717) is 6.42 Å². The molecule has 1 aromatic carbocycles. The van der Waals surface area contributed by atoms with Crippen LogP contribution in [0.1, 0.15) is 46.6 Å². The van der Waals surface area contributed by atoms with E-state index >= 15 is 0 Å². The fraction of sp³-hybridized carbons (Fsp3) is 0.533. The number of hydrogen-bond donors (Lipinski definition) is 0. The maximum atomic E-state index is 11.5. The first-order valence-electron chi connectivity index (χ1n) is 6.14. The lowest BCUT2D eigenvalue weighted by Gasteiger charge is -2.20. The first kappa shape index (κ1) is 13.8. The van der Waals surface area contributed by atoms with Crippen LogP contribution in [0.5, 0.6) is 5.75 Å². The number of carbonyl (C=O) groups is 1. The molecule has 1 rings (SSSR count). The van der Waals surface area contributed by atoms with Crippen molar-refractivity contribution in [2.45, 2.75) is 52.6 Å². The van der Waals surface area contributed by atoms with Gasteiger partial charge >= 0.3 is 0 Å². The van der Waals surface area contributed by atoms with Gasteiger partial charge in [-0.2, -0.15) is 0 Å². The summed E-state index contributed by atoms with van der Waals surface area (Å²) in [6.07, 6.45) is 0.148. The van der Waals surface area contributed by atoms with Crippen LogP contribution in [0.25, 0.3) is 0 Å². The van der Waals surface area contributed by atoms with E-state index in [-0.39, 0.29) is 17.3 Å². The number of carbonyl (C=O) groups excluding carboxylic acids is 1. The van der Waals surface area contributed by atoms with Gasteiger partial charge in [0.15, 0.2) is 11.9 Å². The topological polar surface area (TPSA) is 26.3 Å². The Morgan fingerprint density at radius 3 is 2.53 bits per heavy atom. The SMILES string of the molecule is CCC(=O)C(C)Oc1cccc(C(C)(C)C)c1. The second kappa shape index (κ2) is 5.35. The highest BCUT2D eigenvalue weighted by atomic mass is 16.5. The first-order chi connectivity index (χ1) is 7.84. The highest BCUT2D eigenvalue weighted by Gasteiger charge is 2.16. The summed E-state index contributed by atoms with van der Waals surface area (Å²) in [6.45, 7) is 10.1. The molecule has 2 heteroatoms. The van der Waals surface area contributed by atoms with Crippen LogP contribution in [0.2, 0.25) is 0 Å². The van der Waals surface area contributed by atoms with Gasteiger partial charge in [0.1, 0.15) is 5.75 Å². The summed E-state index contributed by atoms with van der Waals surface area (Å²) in [4.78, 5) is 11.5. The second-order valence-corrected chi connectivity index (χ2v) is 5.36. The standard InChI is InChI=1S/C15H22O2/c1-6-14(16)11(2)17-13-9-7-8-12(10-13)15(3,4)5/h7-11H,6H2,1-5H3. The van der Waals surface area contributed by atoms with Crippen LogP contribution in [0, 0.1) is 0 Å². The molecule has 0 amide bonds. The summed E-state index contributed by atoms with van der Waals surface area (Å²) in [6, 6.07) is 7.96. The third-order valence-electron chi connectivity index (χ3n) is 2.81. The molecule has 0 spiro atoms. The quantitative estimate of drug-likeness (QED) is 0.793. The van der Waals surface area contributed by atoms with E-state index in [1.54, 1.807) is 6.92 Å². The van der Waals surface area contributed by atoms with Crippen molar-refractivity contribution in [2.24, 2.45) is 0 Å². The van der Waals surface area contributed by atoms with E-state index < -0.39 is 0 Å². The Labute approximate surface area is 104 Å². The highest BCUT2D eigenvalue weighted by Crippen LogP contribution is 2.26. The van der Waals surface area contributed by atoms with Crippen molar-refractivity contribution in [3.63, 3.8) is 0 Å². The average molecular weight is 234 g/mol. The molecule has 94 valence electrons.